The minimum Gasteiger partial charge on any atom is -0.496 e. The molecule has 0 atom stereocenters. The number of ether oxygens (including phenoxy) is 2. The number of rotatable bonds is 9. The molecule has 0 aliphatic carbocycles. The van der Waals surface area contributed by atoms with E-state index in [-0.39, 0.29) is 5.78 Å². The summed E-state index contributed by atoms with van der Waals surface area (Å²) in [7, 11) is 1.65. The zero-order chi connectivity index (χ0) is 19.9. The van der Waals surface area contributed by atoms with Gasteiger partial charge in [0.2, 0.25) is 0 Å². The molecule has 0 amide bonds. The summed E-state index contributed by atoms with van der Waals surface area (Å²) in [6.45, 7) is 4.82. The van der Waals surface area contributed by atoms with Crippen LogP contribution >= 0.6 is 11.8 Å². The number of methoxy groups -OCH3 is 1. The van der Waals surface area contributed by atoms with Crippen molar-refractivity contribution in [3.8, 4) is 22.9 Å². The maximum absolute atomic E-state index is 11.7. The van der Waals surface area contributed by atoms with Crippen LogP contribution in [0.5, 0.6) is 11.5 Å². The number of aromatic nitrogens is 3. The molecule has 0 unspecified atom stereocenters. The van der Waals surface area contributed by atoms with Gasteiger partial charge in [-0.05, 0) is 38.1 Å². The Morgan fingerprint density at radius 3 is 2.50 bits per heavy atom. The number of ketones is 1. The number of hydrogen-bond donors (Lipinski definition) is 0. The lowest BCUT2D eigenvalue weighted by atomic mass is 10.1. The van der Waals surface area contributed by atoms with Gasteiger partial charge in [0.15, 0.2) is 16.8 Å². The fourth-order valence-corrected chi connectivity index (χ4v) is 3.70. The molecule has 146 valence electrons. The van der Waals surface area contributed by atoms with Crippen molar-refractivity contribution in [2.24, 2.45) is 0 Å². The van der Waals surface area contributed by atoms with Gasteiger partial charge in [-0.25, -0.2) is 0 Å². The van der Waals surface area contributed by atoms with Crippen molar-refractivity contribution >= 4 is 17.5 Å². The quantitative estimate of drug-likeness (QED) is 0.304. The number of benzene rings is 2. The lowest BCUT2D eigenvalue weighted by molar-refractivity contribution is 0.101. The topological polar surface area (TPSA) is 66.2 Å². The van der Waals surface area contributed by atoms with Gasteiger partial charge in [0.1, 0.15) is 11.5 Å². The summed E-state index contributed by atoms with van der Waals surface area (Å²) in [5, 5.41) is 9.53. The molecule has 0 saturated carbocycles. The van der Waals surface area contributed by atoms with E-state index in [1.165, 1.54) is 0 Å². The first-order chi connectivity index (χ1) is 13.7. The van der Waals surface area contributed by atoms with Gasteiger partial charge in [-0.1, -0.05) is 36.0 Å². The molecule has 3 rings (SSSR count). The van der Waals surface area contributed by atoms with Crippen LogP contribution in [0, 0.1) is 0 Å². The molecule has 0 N–H and O–H groups in total. The Hall–Kier alpha value is -2.80. The smallest absolute Gasteiger partial charge is 0.191 e. The third-order valence-corrected chi connectivity index (χ3v) is 5.15. The second-order valence-corrected chi connectivity index (χ2v) is 7.06. The number of carbonyl (C=O) groups excluding carboxylic acids is 1. The molecule has 1 heterocycles. The molecular formula is C21H23N3O3S. The van der Waals surface area contributed by atoms with Crippen LogP contribution in [-0.4, -0.2) is 40.0 Å². The van der Waals surface area contributed by atoms with Crippen molar-refractivity contribution in [2.45, 2.75) is 25.5 Å². The molecule has 0 saturated heterocycles. The first-order valence-electron chi connectivity index (χ1n) is 9.07. The zero-order valence-electron chi connectivity index (χ0n) is 16.2. The van der Waals surface area contributed by atoms with Gasteiger partial charge in [0.05, 0.1) is 24.8 Å². The highest BCUT2D eigenvalue weighted by atomic mass is 32.2. The summed E-state index contributed by atoms with van der Waals surface area (Å²) in [4.78, 5) is 11.7. The Bertz CT molecular complexity index is 956. The standard InChI is InChI=1S/C21H23N3O3S/c1-4-24-20(17-10-6-7-11-18(17)26-3)22-23-21(24)28-14-13-27-19-12-8-5-9-16(19)15(2)25/h5-12H,4,13-14H2,1-3H3. The molecule has 0 radical (unpaired) electrons. The van der Waals surface area contributed by atoms with E-state index >= 15 is 0 Å². The number of carbonyl (C=O) groups is 1. The molecule has 1 aromatic heterocycles. The van der Waals surface area contributed by atoms with Gasteiger partial charge in [-0.3, -0.25) is 4.79 Å². The van der Waals surface area contributed by atoms with Gasteiger partial charge in [0, 0.05) is 12.3 Å². The largest absolute Gasteiger partial charge is 0.496 e. The molecule has 3 aromatic rings. The predicted octanol–water partition coefficient (Wildman–Crippen LogP) is 4.35. The van der Waals surface area contributed by atoms with Crippen molar-refractivity contribution in [1.82, 2.24) is 14.8 Å². The Kier molecular flexibility index (Phi) is 6.71. The van der Waals surface area contributed by atoms with Crippen molar-refractivity contribution < 1.29 is 14.3 Å². The van der Waals surface area contributed by atoms with Gasteiger partial charge in [-0.2, -0.15) is 0 Å². The summed E-state index contributed by atoms with van der Waals surface area (Å²) in [5.74, 6) is 2.85. The Morgan fingerprint density at radius 1 is 1.07 bits per heavy atom. The second kappa shape index (κ2) is 9.41. The monoisotopic (exact) mass is 397 g/mol. The number of hydrogen-bond acceptors (Lipinski definition) is 6. The van der Waals surface area contributed by atoms with E-state index in [1.807, 2.05) is 42.5 Å². The molecule has 0 aliphatic heterocycles. The van der Waals surface area contributed by atoms with Crippen LogP contribution in [0.1, 0.15) is 24.2 Å². The van der Waals surface area contributed by atoms with Gasteiger partial charge in [0.25, 0.3) is 0 Å². The molecule has 2 aromatic carbocycles. The molecule has 28 heavy (non-hydrogen) atoms. The van der Waals surface area contributed by atoms with E-state index in [0.717, 1.165) is 28.8 Å². The number of thioether (sulfide) groups is 1. The molecule has 0 fully saturated rings. The lowest BCUT2D eigenvalue weighted by Gasteiger charge is -2.11. The van der Waals surface area contributed by atoms with E-state index in [0.29, 0.717) is 23.7 Å². The van der Waals surface area contributed by atoms with Gasteiger partial charge < -0.3 is 14.0 Å². The Labute approximate surface area is 168 Å². The zero-order valence-corrected chi connectivity index (χ0v) is 17.0. The molecule has 6 nitrogen and oxygen atoms in total. The van der Waals surface area contributed by atoms with Crippen LogP contribution in [0.2, 0.25) is 0 Å². The minimum absolute atomic E-state index is 0.00423. The fourth-order valence-electron chi connectivity index (χ4n) is 2.88. The second-order valence-electron chi connectivity index (χ2n) is 6.00. The molecular weight excluding hydrogens is 374 g/mol. The van der Waals surface area contributed by atoms with E-state index < -0.39 is 0 Å². The lowest BCUT2D eigenvalue weighted by Crippen LogP contribution is -2.06. The summed E-state index contributed by atoms with van der Waals surface area (Å²) < 4.78 is 13.3. The summed E-state index contributed by atoms with van der Waals surface area (Å²) in [6.07, 6.45) is 0. The van der Waals surface area contributed by atoms with Crippen molar-refractivity contribution in [3.05, 3.63) is 54.1 Å². The number of nitrogens with zero attached hydrogens (tertiary/aromatic N) is 3. The SMILES string of the molecule is CCn1c(SCCOc2ccccc2C(C)=O)nnc1-c1ccccc1OC. The summed E-state index contributed by atoms with van der Waals surface area (Å²) in [6, 6.07) is 15.1. The third-order valence-electron chi connectivity index (χ3n) is 4.22. The normalized spacial score (nSPS) is 10.7. The van der Waals surface area contributed by atoms with Gasteiger partial charge >= 0.3 is 0 Å². The molecule has 0 aliphatic rings. The summed E-state index contributed by atoms with van der Waals surface area (Å²) >= 11 is 1.57. The van der Waals surface area contributed by atoms with E-state index in [2.05, 4.69) is 21.7 Å². The fraction of sp³-hybridized carbons (Fsp3) is 0.286. The number of para-hydroxylation sites is 2. The van der Waals surface area contributed by atoms with E-state index in [1.54, 1.807) is 31.9 Å². The molecule has 0 bridgehead atoms. The van der Waals surface area contributed by atoms with Crippen LogP contribution in [-0.2, 0) is 6.54 Å². The third kappa shape index (κ3) is 4.36. The Balaban J connectivity index is 1.68. The average Bonchev–Trinajstić information content (AvgIpc) is 3.14. The van der Waals surface area contributed by atoms with Crippen LogP contribution < -0.4 is 9.47 Å². The summed E-state index contributed by atoms with van der Waals surface area (Å²) in [5.41, 5.74) is 1.51. The van der Waals surface area contributed by atoms with Crippen molar-refractivity contribution in [2.75, 3.05) is 19.5 Å². The number of Topliss-reactive ketones (excluding diaryl/α,β-unsaturated/α-hetero) is 1. The minimum atomic E-state index is -0.00423. The molecule has 7 heteroatoms. The maximum Gasteiger partial charge on any atom is 0.191 e. The van der Waals surface area contributed by atoms with Crippen LogP contribution in [0.4, 0.5) is 0 Å². The van der Waals surface area contributed by atoms with Crippen LogP contribution in [0.25, 0.3) is 11.4 Å². The maximum atomic E-state index is 11.7. The van der Waals surface area contributed by atoms with Crippen molar-refractivity contribution in [1.29, 1.82) is 0 Å². The van der Waals surface area contributed by atoms with E-state index in [9.17, 15) is 4.79 Å². The highest BCUT2D eigenvalue weighted by Crippen LogP contribution is 2.30. The highest BCUT2D eigenvalue weighted by molar-refractivity contribution is 7.99. The average molecular weight is 398 g/mol. The van der Waals surface area contributed by atoms with Crippen LogP contribution in [0.15, 0.2) is 53.7 Å². The predicted molar refractivity (Wildman–Crippen MR) is 110 cm³/mol. The first-order valence-corrected chi connectivity index (χ1v) is 10.1. The van der Waals surface area contributed by atoms with Crippen molar-refractivity contribution in [3.63, 3.8) is 0 Å². The van der Waals surface area contributed by atoms with E-state index in [4.69, 9.17) is 9.47 Å². The Morgan fingerprint density at radius 2 is 1.79 bits per heavy atom. The van der Waals surface area contributed by atoms with Crippen LogP contribution in [0.3, 0.4) is 0 Å². The first kappa shape index (κ1) is 19.9. The molecule has 0 spiro atoms. The highest BCUT2D eigenvalue weighted by Gasteiger charge is 2.16. The van der Waals surface area contributed by atoms with Gasteiger partial charge in [-0.15, -0.1) is 10.2 Å².